The third-order valence-corrected chi connectivity index (χ3v) is 3.97. The van der Waals surface area contributed by atoms with Crippen molar-refractivity contribution in [3.8, 4) is 11.5 Å². The predicted octanol–water partition coefficient (Wildman–Crippen LogP) is 2.27. The number of aromatic nitrogens is 1. The summed E-state index contributed by atoms with van der Waals surface area (Å²) in [4.78, 5) is 28.4. The third kappa shape index (κ3) is 4.30. The van der Waals surface area contributed by atoms with Gasteiger partial charge in [-0.3, -0.25) is 14.6 Å². The Labute approximate surface area is 151 Å². The first-order chi connectivity index (χ1) is 12.7. The van der Waals surface area contributed by atoms with Gasteiger partial charge in [0, 0.05) is 25.5 Å². The van der Waals surface area contributed by atoms with Crippen LogP contribution in [0, 0.1) is 0 Å². The van der Waals surface area contributed by atoms with E-state index in [1.54, 1.807) is 6.07 Å². The van der Waals surface area contributed by atoms with Crippen LogP contribution in [0.15, 0.2) is 36.7 Å². The van der Waals surface area contributed by atoms with Crippen molar-refractivity contribution in [2.45, 2.75) is 26.3 Å². The maximum absolute atomic E-state index is 12.3. The molecule has 0 unspecified atom stereocenters. The standard InChI is InChI=1S/C19H21N3O4/c1-2-3-6-21-18(23)14-8-15(11-20-10-14)19(24)22-9-13-4-5-16-17(7-13)26-12-25-16/h4-5,7-8,10-11H,2-3,6,9,12H2,1H3,(H,21,23)(H,22,24). The number of hydrogen-bond acceptors (Lipinski definition) is 5. The van der Waals surface area contributed by atoms with E-state index < -0.39 is 0 Å². The van der Waals surface area contributed by atoms with Crippen molar-refractivity contribution in [2.24, 2.45) is 0 Å². The second-order valence-electron chi connectivity index (χ2n) is 5.94. The zero-order valence-electron chi connectivity index (χ0n) is 14.6. The Morgan fingerprint density at radius 1 is 1.04 bits per heavy atom. The summed E-state index contributed by atoms with van der Waals surface area (Å²) in [5.41, 5.74) is 1.61. The van der Waals surface area contributed by atoms with E-state index in [-0.39, 0.29) is 18.6 Å². The topological polar surface area (TPSA) is 89.6 Å². The molecule has 0 radical (unpaired) electrons. The SMILES string of the molecule is CCCCNC(=O)c1cncc(C(=O)NCc2ccc3c(c2)OCO3)c1. The van der Waals surface area contributed by atoms with Crippen LogP contribution in [0.3, 0.4) is 0 Å². The molecule has 0 spiro atoms. The van der Waals surface area contributed by atoms with Crippen LogP contribution in [-0.4, -0.2) is 30.1 Å². The molecule has 2 amide bonds. The van der Waals surface area contributed by atoms with Gasteiger partial charge >= 0.3 is 0 Å². The molecule has 0 atom stereocenters. The number of hydrogen-bond donors (Lipinski definition) is 2. The van der Waals surface area contributed by atoms with Crippen molar-refractivity contribution in [1.29, 1.82) is 0 Å². The third-order valence-electron chi connectivity index (χ3n) is 3.97. The average molecular weight is 355 g/mol. The number of unbranched alkanes of at least 4 members (excludes halogenated alkanes) is 1. The van der Waals surface area contributed by atoms with Gasteiger partial charge in [-0.2, -0.15) is 0 Å². The molecule has 3 rings (SSSR count). The molecular weight excluding hydrogens is 334 g/mol. The van der Waals surface area contributed by atoms with E-state index in [2.05, 4.69) is 22.5 Å². The van der Waals surface area contributed by atoms with Crippen molar-refractivity contribution in [2.75, 3.05) is 13.3 Å². The Kier molecular flexibility index (Phi) is 5.68. The van der Waals surface area contributed by atoms with Crippen LogP contribution in [0.25, 0.3) is 0 Å². The van der Waals surface area contributed by atoms with Gasteiger partial charge in [0.05, 0.1) is 11.1 Å². The highest BCUT2D eigenvalue weighted by Gasteiger charge is 2.14. The number of nitrogens with zero attached hydrogens (tertiary/aromatic N) is 1. The predicted molar refractivity (Wildman–Crippen MR) is 95.2 cm³/mol. The van der Waals surface area contributed by atoms with Gasteiger partial charge in [0.1, 0.15) is 0 Å². The minimum absolute atomic E-state index is 0.212. The maximum atomic E-state index is 12.3. The molecule has 0 bridgehead atoms. The summed E-state index contributed by atoms with van der Waals surface area (Å²) in [6, 6.07) is 7.05. The first kappa shape index (κ1) is 17.7. The quantitative estimate of drug-likeness (QED) is 0.744. The largest absolute Gasteiger partial charge is 0.454 e. The lowest BCUT2D eigenvalue weighted by Gasteiger charge is -2.08. The van der Waals surface area contributed by atoms with Crippen LogP contribution in [0.2, 0.25) is 0 Å². The second-order valence-corrected chi connectivity index (χ2v) is 5.94. The summed E-state index contributed by atoms with van der Waals surface area (Å²) in [5, 5.41) is 5.63. The van der Waals surface area contributed by atoms with Crippen LogP contribution < -0.4 is 20.1 Å². The molecule has 136 valence electrons. The normalized spacial score (nSPS) is 11.9. The van der Waals surface area contributed by atoms with Gasteiger partial charge in [-0.1, -0.05) is 19.4 Å². The first-order valence-corrected chi connectivity index (χ1v) is 8.57. The molecule has 0 saturated heterocycles. The van der Waals surface area contributed by atoms with Crippen molar-refractivity contribution in [1.82, 2.24) is 15.6 Å². The summed E-state index contributed by atoms with van der Waals surface area (Å²) in [7, 11) is 0. The molecule has 7 nitrogen and oxygen atoms in total. The van der Waals surface area contributed by atoms with Crippen molar-refractivity contribution < 1.29 is 19.1 Å². The molecule has 2 aromatic rings. The Morgan fingerprint density at radius 3 is 2.54 bits per heavy atom. The average Bonchev–Trinajstić information content (AvgIpc) is 3.14. The van der Waals surface area contributed by atoms with E-state index in [1.807, 2.05) is 18.2 Å². The zero-order valence-corrected chi connectivity index (χ0v) is 14.6. The van der Waals surface area contributed by atoms with Crippen LogP contribution >= 0.6 is 0 Å². The van der Waals surface area contributed by atoms with E-state index in [0.717, 1.165) is 18.4 Å². The monoisotopic (exact) mass is 355 g/mol. The molecule has 1 aliphatic rings. The number of carbonyl (C=O) groups is 2. The number of amides is 2. The lowest BCUT2D eigenvalue weighted by molar-refractivity contribution is 0.0950. The van der Waals surface area contributed by atoms with E-state index in [0.29, 0.717) is 35.7 Å². The number of ether oxygens (including phenoxy) is 2. The van der Waals surface area contributed by atoms with Gasteiger partial charge in [-0.15, -0.1) is 0 Å². The highest BCUT2D eigenvalue weighted by molar-refractivity contribution is 5.99. The minimum atomic E-state index is -0.293. The summed E-state index contributed by atoms with van der Waals surface area (Å²) in [6.07, 6.45) is 4.81. The fourth-order valence-electron chi connectivity index (χ4n) is 2.50. The van der Waals surface area contributed by atoms with Gasteiger partial charge in [0.2, 0.25) is 6.79 Å². The number of benzene rings is 1. The fourth-order valence-corrected chi connectivity index (χ4v) is 2.50. The van der Waals surface area contributed by atoms with E-state index in [1.165, 1.54) is 12.4 Å². The highest BCUT2D eigenvalue weighted by atomic mass is 16.7. The summed E-state index contributed by atoms with van der Waals surface area (Å²) < 4.78 is 10.6. The smallest absolute Gasteiger partial charge is 0.253 e. The molecule has 7 heteroatoms. The molecule has 2 N–H and O–H groups in total. The van der Waals surface area contributed by atoms with E-state index in [9.17, 15) is 9.59 Å². The van der Waals surface area contributed by atoms with Crippen molar-refractivity contribution in [3.63, 3.8) is 0 Å². The maximum Gasteiger partial charge on any atom is 0.253 e. The van der Waals surface area contributed by atoms with Crippen LogP contribution in [0.5, 0.6) is 11.5 Å². The van der Waals surface area contributed by atoms with Crippen molar-refractivity contribution in [3.05, 3.63) is 53.3 Å². The Bertz CT molecular complexity index is 807. The first-order valence-electron chi connectivity index (χ1n) is 8.57. The van der Waals surface area contributed by atoms with Crippen LogP contribution in [-0.2, 0) is 6.54 Å². The zero-order chi connectivity index (χ0) is 18.4. The number of pyridine rings is 1. The summed E-state index contributed by atoms with van der Waals surface area (Å²) >= 11 is 0. The number of carbonyl (C=O) groups excluding carboxylic acids is 2. The summed E-state index contributed by atoms with van der Waals surface area (Å²) in [6.45, 7) is 3.21. The molecule has 1 aliphatic heterocycles. The van der Waals surface area contributed by atoms with Gasteiger partial charge in [-0.05, 0) is 30.2 Å². The van der Waals surface area contributed by atoms with Crippen molar-refractivity contribution >= 4 is 11.8 Å². The number of rotatable bonds is 7. The molecule has 0 aliphatic carbocycles. The Balaban J connectivity index is 1.59. The van der Waals surface area contributed by atoms with Gasteiger partial charge in [0.25, 0.3) is 11.8 Å². The Morgan fingerprint density at radius 2 is 1.77 bits per heavy atom. The molecular formula is C19H21N3O4. The fraction of sp³-hybridized carbons (Fsp3) is 0.316. The molecule has 0 fully saturated rings. The van der Waals surface area contributed by atoms with Gasteiger partial charge in [-0.25, -0.2) is 0 Å². The second kappa shape index (κ2) is 8.33. The minimum Gasteiger partial charge on any atom is -0.454 e. The lowest BCUT2D eigenvalue weighted by atomic mass is 10.1. The van der Waals surface area contributed by atoms with Gasteiger partial charge in [0.15, 0.2) is 11.5 Å². The van der Waals surface area contributed by atoms with E-state index in [4.69, 9.17) is 9.47 Å². The Hall–Kier alpha value is -3.09. The number of fused-ring (bicyclic) bond motifs is 1. The van der Waals surface area contributed by atoms with Crippen LogP contribution in [0.1, 0.15) is 46.0 Å². The molecule has 0 saturated carbocycles. The molecule has 2 heterocycles. The van der Waals surface area contributed by atoms with Gasteiger partial charge < -0.3 is 20.1 Å². The molecule has 1 aromatic carbocycles. The molecule has 1 aromatic heterocycles. The number of nitrogens with one attached hydrogen (secondary N) is 2. The lowest BCUT2D eigenvalue weighted by Crippen LogP contribution is -2.26. The highest BCUT2D eigenvalue weighted by Crippen LogP contribution is 2.32. The van der Waals surface area contributed by atoms with E-state index >= 15 is 0 Å². The van der Waals surface area contributed by atoms with Crippen LogP contribution in [0.4, 0.5) is 0 Å². The summed E-state index contributed by atoms with van der Waals surface area (Å²) in [5.74, 6) is 0.852. The molecule has 26 heavy (non-hydrogen) atoms.